The molecule has 4 aliphatic rings. The van der Waals surface area contributed by atoms with Crippen LogP contribution in [0.4, 0.5) is 10.1 Å². The predicted octanol–water partition coefficient (Wildman–Crippen LogP) is 4.08. The van der Waals surface area contributed by atoms with Gasteiger partial charge in [-0.3, -0.25) is 0 Å². The van der Waals surface area contributed by atoms with Gasteiger partial charge in [0.15, 0.2) is 0 Å². The fourth-order valence-electron chi connectivity index (χ4n) is 6.16. The van der Waals surface area contributed by atoms with E-state index in [9.17, 15) is 14.3 Å². The number of fused-ring (bicyclic) bond motifs is 4. The van der Waals surface area contributed by atoms with Crippen LogP contribution in [0.3, 0.4) is 0 Å². The van der Waals surface area contributed by atoms with E-state index in [0.717, 1.165) is 41.8 Å². The number of carbonyl (C=O) groups excluding carboxylic acids is 1. The monoisotopic (exact) mass is 386 g/mol. The lowest BCUT2D eigenvalue weighted by molar-refractivity contribution is -0.255. The van der Waals surface area contributed by atoms with Crippen LogP contribution in [-0.2, 0) is 0 Å². The van der Waals surface area contributed by atoms with Crippen molar-refractivity contribution in [2.45, 2.75) is 30.7 Å². The molecule has 2 aromatic rings. The van der Waals surface area contributed by atoms with Gasteiger partial charge in [0, 0.05) is 29.6 Å². The van der Waals surface area contributed by atoms with Crippen molar-refractivity contribution in [3.05, 3.63) is 88.8 Å². The maximum Gasteiger partial charge on any atom is 0.128 e. The molecule has 0 saturated heterocycles. The second-order valence-corrected chi connectivity index (χ2v) is 8.71. The molecule has 29 heavy (non-hydrogen) atoms. The number of rotatable bonds is 2. The van der Waals surface area contributed by atoms with Gasteiger partial charge in [0.25, 0.3) is 0 Å². The molecule has 2 aliphatic heterocycles. The first-order valence-electron chi connectivity index (χ1n) is 10.4. The lowest BCUT2D eigenvalue weighted by Crippen LogP contribution is -2.46. The summed E-state index contributed by atoms with van der Waals surface area (Å²) in [5, 5.41) is 11.8. The highest BCUT2D eigenvalue weighted by atomic mass is 19.1. The van der Waals surface area contributed by atoms with Gasteiger partial charge in [0.1, 0.15) is 5.82 Å². The number of halogens is 1. The third kappa shape index (κ3) is 2.32. The SMILES string of the molecule is O=C([O-])c1cc2c3c(c1)[C@H]1C=CC[C@H]1[C@@H](c1ccccc1F)N3C[C@H]1CC=C[C@H]21. The molecule has 0 radical (unpaired) electrons. The first kappa shape index (κ1) is 17.0. The van der Waals surface area contributed by atoms with Crippen molar-refractivity contribution in [3.63, 3.8) is 0 Å². The molecule has 0 aromatic heterocycles. The smallest absolute Gasteiger partial charge is 0.128 e. The molecule has 5 atom stereocenters. The number of benzene rings is 2. The lowest BCUT2D eigenvalue weighted by atomic mass is 9.70. The van der Waals surface area contributed by atoms with Crippen LogP contribution in [0.5, 0.6) is 0 Å². The van der Waals surface area contributed by atoms with Gasteiger partial charge >= 0.3 is 0 Å². The van der Waals surface area contributed by atoms with Crippen molar-refractivity contribution in [1.29, 1.82) is 0 Å². The largest absolute Gasteiger partial charge is 0.545 e. The van der Waals surface area contributed by atoms with Gasteiger partial charge in [-0.15, -0.1) is 0 Å². The predicted molar refractivity (Wildman–Crippen MR) is 107 cm³/mol. The van der Waals surface area contributed by atoms with E-state index in [-0.39, 0.29) is 35.2 Å². The van der Waals surface area contributed by atoms with E-state index >= 15 is 0 Å². The number of nitrogens with zero attached hydrogens (tertiary/aromatic N) is 1. The summed E-state index contributed by atoms with van der Waals surface area (Å²) in [6.07, 6.45) is 10.6. The number of carboxylic acids is 1. The highest BCUT2D eigenvalue weighted by Gasteiger charge is 2.48. The molecule has 2 aliphatic carbocycles. The molecule has 2 heterocycles. The average Bonchev–Trinajstić information content (AvgIpc) is 3.38. The third-order valence-electron chi connectivity index (χ3n) is 7.31. The topological polar surface area (TPSA) is 43.4 Å². The summed E-state index contributed by atoms with van der Waals surface area (Å²) in [5.41, 5.74) is 4.24. The maximum atomic E-state index is 14.9. The summed E-state index contributed by atoms with van der Waals surface area (Å²) in [7, 11) is 0. The summed E-state index contributed by atoms with van der Waals surface area (Å²) in [5.74, 6) is -0.364. The molecule has 0 N–H and O–H groups in total. The van der Waals surface area contributed by atoms with Crippen molar-refractivity contribution in [3.8, 4) is 0 Å². The summed E-state index contributed by atoms with van der Waals surface area (Å²) in [6.45, 7) is 0.866. The Morgan fingerprint density at radius 1 is 1.00 bits per heavy atom. The quantitative estimate of drug-likeness (QED) is 0.731. The zero-order chi connectivity index (χ0) is 19.7. The van der Waals surface area contributed by atoms with Crippen LogP contribution >= 0.6 is 0 Å². The van der Waals surface area contributed by atoms with Crippen LogP contribution in [0.1, 0.15) is 57.8 Å². The molecule has 3 nitrogen and oxygen atoms in total. The maximum absolute atomic E-state index is 14.9. The Bertz CT molecular complexity index is 1070. The first-order chi connectivity index (χ1) is 14.1. The van der Waals surface area contributed by atoms with Crippen molar-refractivity contribution in [2.24, 2.45) is 11.8 Å². The van der Waals surface area contributed by atoms with Crippen molar-refractivity contribution in [2.75, 3.05) is 11.4 Å². The number of anilines is 1. The van der Waals surface area contributed by atoms with Crippen LogP contribution in [0, 0.1) is 17.7 Å². The van der Waals surface area contributed by atoms with Gasteiger partial charge in [-0.2, -0.15) is 0 Å². The zero-order valence-electron chi connectivity index (χ0n) is 15.9. The van der Waals surface area contributed by atoms with E-state index in [0.29, 0.717) is 5.92 Å². The minimum atomic E-state index is -1.13. The molecular weight excluding hydrogens is 365 g/mol. The van der Waals surface area contributed by atoms with Crippen LogP contribution in [0.2, 0.25) is 0 Å². The molecule has 0 saturated carbocycles. The fraction of sp³-hybridized carbons (Fsp3) is 0.320. The van der Waals surface area contributed by atoms with E-state index in [1.807, 2.05) is 12.1 Å². The van der Waals surface area contributed by atoms with Gasteiger partial charge < -0.3 is 14.8 Å². The molecule has 0 amide bonds. The summed E-state index contributed by atoms with van der Waals surface area (Å²) in [4.78, 5) is 14.1. The number of carboxylic acid groups (broad SMARTS) is 1. The van der Waals surface area contributed by atoms with Crippen LogP contribution in [0.15, 0.2) is 60.7 Å². The first-order valence-corrected chi connectivity index (χ1v) is 10.4. The standard InChI is InChI=1S/C25H22FNO2/c26-22-10-2-1-6-19(22)23-18-9-4-8-17(18)21-12-15(25(28)29)11-20-16-7-3-5-14(16)13-27(23)24(20)21/h1-4,6-8,10-12,14,16-18,23H,5,9,13H2,(H,28,29)/p-1/t14-,16+,17+,18-,23+/m1/s1. The van der Waals surface area contributed by atoms with Crippen LogP contribution < -0.4 is 10.0 Å². The zero-order valence-corrected chi connectivity index (χ0v) is 15.9. The Kier molecular flexibility index (Phi) is 3.55. The number of aromatic carboxylic acids is 1. The van der Waals surface area contributed by atoms with E-state index in [1.54, 1.807) is 24.3 Å². The second-order valence-electron chi connectivity index (χ2n) is 8.71. The minimum absolute atomic E-state index is 0.0437. The fourth-order valence-corrected chi connectivity index (χ4v) is 6.16. The minimum Gasteiger partial charge on any atom is -0.545 e. The Balaban J connectivity index is 1.62. The van der Waals surface area contributed by atoms with Gasteiger partial charge in [-0.05, 0) is 59.6 Å². The molecule has 0 spiro atoms. The molecule has 0 fully saturated rings. The van der Waals surface area contributed by atoms with Crippen LogP contribution in [-0.4, -0.2) is 12.5 Å². The summed E-state index contributed by atoms with van der Waals surface area (Å²) >= 11 is 0. The number of hydrogen-bond donors (Lipinski definition) is 0. The van der Waals surface area contributed by atoms with Crippen LogP contribution in [0.25, 0.3) is 0 Å². The Hall–Kier alpha value is -2.88. The Labute approximate surface area is 169 Å². The molecule has 146 valence electrons. The normalized spacial score (nSPS) is 30.8. The number of carbonyl (C=O) groups is 1. The Morgan fingerprint density at radius 2 is 1.72 bits per heavy atom. The highest BCUT2D eigenvalue weighted by molar-refractivity contribution is 5.89. The summed E-state index contributed by atoms with van der Waals surface area (Å²) < 4.78 is 14.9. The average molecular weight is 386 g/mol. The van der Waals surface area contributed by atoms with E-state index in [2.05, 4.69) is 29.2 Å². The molecule has 6 rings (SSSR count). The Morgan fingerprint density at radius 3 is 2.52 bits per heavy atom. The third-order valence-corrected chi connectivity index (χ3v) is 7.31. The second kappa shape index (κ2) is 6.06. The molecular formula is C25H21FNO2-. The molecule has 0 bridgehead atoms. The van der Waals surface area contributed by atoms with Crippen molar-refractivity contribution < 1.29 is 14.3 Å². The molecule has 4 heteroatoms. The van der Waals surface area contributed by atoms with E-state index in [4.69, 9.17) is 0 Å². The van der Waals surface area contributed by atoms with Gasteiger partial charge in [-0.1, -0.05) is 42.5 Å². The van der Waals surface area contributed by atoms with E-state index < -0.39 is 5.97 Å². The van der Waals surface area contributed by atoms with Gasteiger partial charge in [0.2, 0.25) is 0 Å². The lowest BCUT2D eigenvalue weighted by Gasteiger charge is -2.51. The van der Waals surface area contributed by atoms with E-state index in [1.165, 1.54) is 0 Å². The summed E-state index contributed by atoms with van der Waals surface area (Å²) in [6, 6.07) is 10.7. The molecule has 2 aromatic carbocycles. The highest BCUT2D eigenvalue weighted by Crippen LogP contribution is 2.59. The van der Waals surface area contributed by atoms with Crippen molar-refractivity contribution in [1.82, 2.24) is 0 Å². The van der Waals surface area contributed by atoms with Crippen molar-refractivity contribution >= 4 is 11.7 Å². The molecule has 0 unspecified atom stereocenters. The van der Waals surface area contributed by atoms with Gasteiger partial charge in [0.05, 0.1) is 12.0 Å². The van der Waals surface area contributed by atoms with Gasteiger partial charge in [-0.25, -0.2) is 4.39 Å². The number of hydrogen-bond acceptors (Lipinski definition) is 3. The number of allylic oxidation sites excluding steroid dienone is 4.